The second kappa shape index (κ2) is 12.5. The Morgan fingerprint density at radius 3 is 2.46 bits per heavy atom. The molecule has 2 aromatic carbocycles. The first kappa shape index (κ1) is 29.8. The van der Waals surface area contributed by atoms with Crippen molar-refractivity contribution in [3.05, 3.63) is 59.1 Å². The molecule has 10 nitrogen and oxygen atoms in total. The number of nitrogens with zero attached hydrogens (tertiary/aromatic N) is 2. The number of aliphatic carboxylic acids is 1. The van der Waals surface area contributed by atoms with E-state index in [2.05, 4.69) is 15.5 Å². The maximum absolute atomic E-state index is 12.7. The molecule has 1 atom stereocenters. The first-order chi connectivity index (χ1) is 19.6. The molecule has 3 aromatic rings. The molecule has 1 saturated carbocycles. The molecule has 1 unspecified atom stereocenters. The van der Waals surface area contributed by atoms with Crippen molar-refractivity contribution >= 4 is 22.8 Å². The maximum Gasteiger partial charge on any atom is 0.319 e. The molecule has 1 amide bonds. The summed E-state index contributed by atoms with van der Waals surface area (Å²) in [5.41, 5.74) is -0.367. The Labute approximate surface area is 239 Å². The number of ether oxygens (including phenoxy) is 3. The summed E-state index contributed by atoms with van der Waals surface area (Å²) in [5.74, 6) is 0.771. The van der Waals surface area contributed by atoms with E-state index in [0.29, 0.717) is 67.2 Å². The fourth-order valence-corrected chi connectivity index (χ4v) is 4.69. The third kappa shape index (κ3) is 6.93. The predicted molar refractivity (Wildman–Crippen MR) is 155 cm³/mol. The number of rotatable bonds is 15. The molecule has 4 rings (SSSR count). The lowest BCUT2D eigenvalue weighted by Crippen LogP contribution is -2.39. The molecule has 1 aliphatic rings. The smallest absolute Gasteiger partial charge is 0.319 e. The lowest BCUT2D eigenvalue weighted by atomic mass is 9.99. The number of methoxy groups -OCH3 is 1. The highest BCUT2D eigenvalue weighted by atomic mass is 16.5. The van der Waals surface area contributed by atoms with Crippen molar-refractivity contribution in [2.24, 2.45) is 10.6 Å². The highest BCUT2D eigenvalue weighted by Crippen LogP contribution is 2.46. The van der Waals surface area contributed by atoms with Gasteiger partial charge in [0.05, 0.1) is 30.8 Å². The van der Waals surface area contributed by atoms with E-state index >= 15 is 0 Å². The van der Waals surface area contributed by atoms with Crippen LogP contribution in [0.3, 0.4) is 0 Å². The Morgan fingerprint density at radius 2 is 1.85 bits per heavy atom. The molecule has 1 aliphatic carbocycles. The second-order valence-corrected chi connectivity index (χ2v) is 11.1. The second-order valence-electron chi connectivity index (χ2n) is 11.1. The summed E-state index contributed by atoms with van der Waals surface area (Å²) in [6, 6.07) is 12.5. The summed E-state index contributed by atoms with van der Waals surface area (Å²) in [7, 11) is 1.57. The average molecular weight is 564 g/mol. The lowest BCUT2D eigenvalue weighted by Gasteiger charge is -2.21. The van der Waals surface area contributed by atoms with Crippen LogP contribution in [0.4, 0.5) is 0 Å². The Morgan fingerprint density at radius 1 is 1.12 bits per heavy atom. The van der Waals surface area contributed by atoms with E-state index in [1.54, 1.807) is 39.3 Å². The van der Waals surface area contributed by atoms with Gasteiger partial charge in [-0.2, -0.15) is 4.91 Å². The van der Waals surface area contributed by atoms with Crippen LogP contribution in [0.5, 0.6) is 23.0 Å². The van der Waals surface area contributed by atoms with Gasteiger partial charge in [0, 0.05) is 17.6 Å². The Kier molecular flexibility index (Phi) is 9.10. The first-order valence-corrected chi connectivity index (χ1v) is 13.9. The maximum atomic E-state index is 12.7. The molecule has 2 N–H and O–H groups in total. The summed E-state index contributed by atoms with van der Waals surface area (Å²) in [6.07, 6.45) is 5.18. The van der Waals surface area contributed by atoms with Gasteiger partial charge in [-0.25, -0.2) is 0 Å². The fourth-order valence-electron chi connectivity index (χ4n) is 4.69. The van der Waals surface area contributed by atoms with Crippen LogP contribution in [0.15, 0.2) is 53.8 Å². The van der Waals surface area contributed by atoms with Crippen LogP contribution in [0.25, 0.3) is 10.9 Å². The molecule has 0 radical (unpaired) electrons. The fraction of sp³-hybridized carbons (Fsp3) is 0.452. The minimum Gasteiger partial charge on any atom is -0.493 e. The van der Waals surface area contributed by atoms with Crippen LogP contribution in [0.2, 0.25) is 0 Å². The van der Waals surface area contributed by atoms with E-state index in [1.807, 2.05) is 37.3 Å². The minimum atomic E-state index is -1.28. The molecule has 10 heteroatoms. The standard InChI is InChI=1S/C31H37N3O7/c1-5-7-23(33-28(35)31(14-15-31)29(36)37)20-8-10-21(11-9-20)41-25-12-16-32-24-19-27(26(39-4)18-22(24)25)40-17-6-13-30(2,3)34-38/h8-12,16,18-19,23H,5-7,13-15,17H2,1-4H3,(H,33,35)(H,36,37). The van der Waals surface area contributed by atoms with Crippen molar-refractivity contribution in [2.45, 2.75) is 70.9 Å². The molecular weight excluding hydrogens is 526 g/mol. The largest absolute Gasteiger partial charge is 0.493 e. The molecule has 1 heterocycles. The number of benzene rings is 2. The van der Waals surface area contributed by atoms with Crippen molar-refractivity contribution in [3.63, 3.8) is 0 Å². The number of carbonyl (C=O) groups excluding carboxylic acids is 1. The molecule has 0 saturated heterocycles. The van der Waals surface area contributed by atoms with Crippen LogP contribution < -0.4 is 19.5 Å². The van der Waals surface area contributed by atoms with Gasteiger partial charge < -0.3 is 24.6 Å². The number of carboxylic acid groups (broad SMARTS) is 1. The van der Waals surface area contributed by atoms with Crippen LogP contribution in [0, 0.1) is 10.3 Å². The van der Waals surface area contributed by atoms with Crippen molar-refractivity contribution in [2.75, 3.05) is 13.7 Å². The third-order valence-electron chi connectivity index (χ3n) is 7.41. The highest BCUT2D eigenvalue weighted by Gasteiger charge is 2.57. The molecular formula is C31H37N3O7. The summed E-state index contributed by atoms with van der Waals surface area (Å²) in [4.78, 5) is 39.6. The number of pyridine rings is 1. The number of carbonyl (C=O) groups is 2. The van der Waals surface area contributed by atoms with E-state index < -0.39 is 22.8 Å². The summed E-state index contributed by atoms with van der Waals surface area (Å²) in [6.45, 7) is 6.01. The monoisotopic (exact) mass is 563 g/mol. The lowest BCUT2D eigenvalue weighted by molar-refractivity contribution is -0.149. The van der Waals surface area contributed by atoms with E-state index in [9.17, 15) is 19.6 Å². The zero-order valence-electron chi connectivity index (χ0n) is 23.9. The summed E-state index contributed by atoms with van der Waals surface area (Å²) < 4.78 is 17.7. The van der Waals surface area contributed by atoms with Crippen LogP contribution in [0.1, 0.15) is 70.9 Å². The SMILES string of the molecule is CCCC(NC(=O)C1(C(=O)O)CC1)c1ccc(Oc2ccnc3cc(OCCCC(C)(C)N=O)c(OC)cc23)cc1. The van der Waals surface area contributed by atoms with Crippen molar-refractivity contribution in [1.82, 2.24) is 10.3 Å². The Bertz CT molecular complexity index is 1400. The highest BCUT2D eigenvalue weighted by molar-refractivity contribution is 6.05. The number of fused-ring (bicyclic) bond motifs is 1. The summed E-state index contributed by atoms with van der Waals surface area (Å²) in [5, 5.41) is 16.3. The Hall–Kier alpha value is -4.21. The number of carboxylic acids is 1. The number of amides is 1. The molecule has 1 fully saturated rings. The number of nitrogens with one attached hydrogen (secondary N) is 1. The summed E-state index contributed by atoms with van der Waals surface area (Å²) >= 11 is 0. The third-order valence-corrected chi connectivity index (χ3v) is 7.41. The van der Waals surface area contributed by atoms with Crippen LogP contribution in [-0.2, 0) is 9.59 Å². The number of hydrogen-bond donors (Lipinski definition) is 2. The molecule has 218 valence electrons. The van der Waals surface area contributed by atoms with E-state index in [1.165, 1.54) is 0 Å². The predicted octanol–water partition coefficient (Wildman–Crippen LogP) is 6.56. The van der Waals surface area contributed by atoms with Crippen LogP contribution in [-0.4, -0.2) is 41.2 Å². The zero-order valence-corrected chi connectivity index (χ0v) is 23.9. The van der Waals surface area contributed by atoms with Crippen molar-refractivity contribution in [3.8, 4) is 23.0 Å². The van der Waals surface area contributed by atoms with Crippen LogP contribution >= 0.6 is 0 Å². The normalized spacial score (nSPS) is 14.6. The topological polar surface area (TPSA) is 136 Å². The van der Waals surface area contributed by atoms with Gasteiger partial charge in [0.1, 0.15) is 16.9 Å². The van der Waals surface area contributed by atoms with Gasteiger partial charge >= 0.3 is 5.97 Å². The number of aromatic nitrogens is 1. The van der Waals surface area contributed by atoms with E-state index in [4.69, 9.17) is 14.2 Å². The quantitative estimate of drug-likeness (QED) is 0.120. The van der Waals surface area contributed by atoms with Crippen molar-refractivity contribution < 1.29 is 28.9 Å². The van der Waals surface area contributed by atoms with Gasteiger partial charge in [-0.1, -0.05) is 30.7 Å². The molecule has 41 heavy (non-hydrogen) atoms. The average Bonchev–Trinajstić information content (AvgIpc) is 3.78. The van der Waals surface area contributed by atoms with Gasteiger partial charge in [0.15, 0.2) is 11.5 Å². The Balaban J connectivity index is 1.48. The first-order valence-electron chi connectivity index (χ1n) is 13.9. The minimum absolute atomic E-state index is 0.288. The molecule has 0 bridgehead atoms. The van der Waals surface area contributed by atoms with Gasteiger partial charge in [-0.15, -0.1) is 0 Å². The number of nitroso groups, excluding NO2 is 1. The zero-order chi connectivity index (χ0) is 29.6. The van der Waals surface area contributed by atoms with E-state index in [-0.39, 0.29) is 6.04 Å². The van der Waals surface area contributed by atoms with Gasteiger partial charge in [0.25, 0.3) is 0 Å². The van der Waals surface area contributed by atoms with Crippen molar-refractivity contribution in [1.29, 1.82) is 0 Å². The molecule has 0 aliphatic heterocycles. The van der Waals surface area contributed by atoms with Gasteiger partial charge in [-0.3, -0.25) is 14.6 Å². The van der Waals surface area contributed by atoms with E-state index in [0.717, 1.165) is 17.4 Å². The van der Waals surface area contributed by atoms with Gasteiger partial charge in [-0.05, 0) is 75.8 Å². The number of hydrogen-bond acceptors (Lipinski definition) is 8. The molecule has 1 aromatic heterocycles. The molecule has 0 spiro atoms. The van der Waals surface area contributed by atoms with Gasteiger partial charge in [0.2, 0.25) is 5.91 Å².